The molecule has 0 heterocycles. The fourth-order valence-corrected chi connectivity index (χ4v) is 5.93. The molecule has 0 radical (unpaired) electrons. The molecule has 2 amide bonds. The van der Waals surface area contributed by atoms with Crippen LogP contribution in [0.3, 0.4) is 0 Å². The highest BCUT2D eigenvalue weighted by molar-refractivity contribution is 5.87. The van der Waals surface area contributed by atoms with Crippen molar-refractivity contribution in [1.82, 2.24) is 10.6 Å². The second-order valence-electron chi connectivity index (χ2n) is 10.8. The molecule has 0 aliphatic heterocycles. The number of benzene rings is 3. The summed E-state index contributed by atoms with van der Waals surface area (Å²) in [5.41, 5.74) is 5.35. The van der Waals surface area contributed by atoms with Crippen LogP contribution in [0.2, 0.25) is 0 Å². The number of hydrogen-bond donors (Lipinski definition) is 3. The predicted octanol–water partition coefficient (Wildman–Crippen LogP) is 5.26. The molecule has 41 heavy (non-hydrogen) atoms. The second kappa shape index (κ2) is 13.0. The van der Waals surface area contributed by atoms with Crippen molar-refractivity contribution in [2.75, 3.05) is 6.61 Å². The standard InChI is InChI=1S/C33H36N2O6/c1-21(40-19-22-11-3-2-4-12-22)30(31(36)34-29-18-10-9-17-27(29)32(37)38)35-33(39)41-20-28-25-15-7-5-13-23(25)24-14-6-8-16-26(24)28/h2-8,11-16,21,27-30H,9-10,17-20H2,1H3,(H,34,36)(H,35,39)(H,37,38)/t21-,27+,29-,30+/m0/s1. The van der Waals surface area contributed by atoms with Gasteiger partial charge in [-0.1, -0.05) is 91.7 Å². The summed E-state index contributed by atoms with van der Waals surface area (Å²) in [5, 5.41) is 15.3. The number of nitrogens with one attached hydrogen (secondary N) is 2. The van der Waals surface area contributed by atoms with Gasteiger partial charge in [0.1, 0.15) is 12.6 Å². The van der Waals surface area contributed by atoms with Crippen LogP contribution in [0.1, 0.15) is 55.2 Å². The van der Waals surface area contributed by atoms with E-state index in [-0.39, 0.29) is 19.1 Å². The second-order valence-corrected chi connectivity index (χ2v) is 10.8. The van der Waals surface area contributed by atoms with Gasteiger partial charge in [0.05, 0.1) is 18.6 Å². The van der Waals surface area contributed by atoms with Gasteiger partial charge in [-0.25, -0.2) is 4.79 Å². The molecule has 214 valence electrons. The summed E-state index contributed by atoms with van der Waals surface area (Å²) in [7, 11) is 0. The van der Waals surface area contributed by atoms with E-state index in [1.54, 1.807) is 6.92 Å². The molecule has 2 aliphatic rings. The lowest BCUT2D eigenvalue weighted by molar-refractivity contribution is -0.144. The first kappa shape index (κ1) is 28.4. The molecule has 3 N–H and O–H groups in total. The van der Waals surface area contributed by atoms with Gasteiger partial charge in [0, 0.05) is 12.0 Å². The van der Waals surface area contributed by atoms with Gasteiger partial charge in [0.25, 0.3) is 0 Å². The number of aliphatic carboxylic acids is 1. The number of ether oxygens (including phenoxy) is 2. The Morgan fingerprint density at radius 2 is 1.49 bits per heavy atom. The largest absolute Gasteiger partial charge is 0.481 e. The molecule has 0 aromatic heterocycles. The molecule has 0 bridgehead atoms. The fourth-order valence-electron chi connectivity index (χ4n) is 5.93. The van der Waals surface area contributed by atoms with Crippen molar-refractivity contribution in [3.05, 3.63) is 95.6 Å². The first-order valence-corrected chi connectivity index (χ1v) is 14.2. The van der Waals surface area contributed by atoms with E-state index >= 15 is 0 Å². The molecule has 3 aromatic rings. The third-order valence-electron chi connectivity index (χ3n) is 8.14. The number of carboxylic acids is 1. The number of fused-ring (bicyclic) bond motifs is 3. The normalized spacial score (nSPS) is 19.3. The van der Waals surface area contributed by atoms with Gasteiger partial charge >= 0.3 is 12.1 Å². The van der Waals surface area contributed by atoms with Crippen molar-refractivity contribution in [1.29, 1.82) is 0 Å². The Morgan fingerprint density at radius 1 is 0.878 bits per heavy atom. The van der Waals surface area contributed by atoms with Crippen LogP contribution in [0.5, 0.6) is 0 Å². The van der Waals surface area contributed by atoms with Gasteiger partial charge in [-0.2, -0.15) is 0 Å². The summed E-state index contributed by atoms with van der Waals surface area (Å²) >= 11 is 0. The van der Waals surface area contributed by atoms with E-state index in [1.807, 2.05) is 66.7 Å². The topological polar surface area (TPSA) is 114 Å². The van der Waals surface area contributed by atoms with E-state index in [2.05, 4.69) is 22.8 Å². The number of carbonyl (C=O) groups excluding carboxylic acids is 2. The Bertz CT molecular complexity index is 1330. The van der Waals surface area contributed by atoms with E-state index in [0.29, 0.717) is 12.8 Å². The van der Waals surface area contributed by atoms with Gasteiger partial charge < -0.3 is 25.2 Å². The Morgan fingerprint density at radius 3 is 2.15 bits per heavy atom. The number of hydrogen-bond acceptors (Lipinski definition) is 5. The number of rotatable bonds is 10. The molecule has 1 fully saturated rings. The van der Waals surface area contributed by atoms with Crippen LogP contribution in [0, 0.1) is 5.92 Å². The zero-order valence-electron chi connectivity index (χ0n) is 23.1. The molecule has 8 heteroatoms. The maximum absolute atomic E-state index is 13.5. The average Bonchev–Trinajstić information content (AvgIpc) is 3.31. The fraction of sp³-hybridized carbons (Fsp3) is 0.364. The van der Waals surface area contributed by atoms with Crippen molar-refractivity contribution in [2.24, 2.45) is 5.92 Å². The Labute approximate surface area is 240 Å². The Hall–Kier alpha value is -4.17. The molecule has 3 aromatic carbocycles. The van der Waals surface area contributed by atoms with Crippen molar-refractivity contribution < 1.29 is 29.0 Å². The lowest BCUT2D eigenvalue weighted by Gasteiger charge is -2.32. The van der Waals surface area contributed by atoms with E-state index < -0.39 is 42.1 Å². The number of carboxylic acid groups (broad SMARTS) is 1. The monoisotopic (exact) mass is 556 g/mol. The van der Waals surface area contributed by atoms with Gasteiger partial charge in [0.2, 0.25) is 5.91 Å². The van der Waals surface area contributed by atoms with Gasteiger partial charge in [-0.3, -0.25) is 9.59 Å². The van der Waals surface area contributed by atoms with Crippen LogP contribution >= 0.6 is 0 Å². The third-order valence-corrected chi connectivity index (χ3v) is 8.14. The molecule has 4 atom stereocenters. The summed E-state index contributed by atoms with van der Waals surface area (Å²) in [6.07, 6.45) is 1.27. The minimum absolute atomic E-state index is 0.108. The van der Waals surface area contributed by atoms with Gasteiger partial charge in [0.15, 0.2) is 0 Å². The van der Waals surface area contributed by atoms with Gasteiger partial charge in [-0.05, 0) is 47.6 Å². The van der Waals surface area contributed by atoms with Crippen LogP contribution in [-0.2, 0) is 25.7 Å². The molecule has 1 saturated carbocycles. The summed E-state index contributed by atoms with van der Waals surface area (Å²) in [6.45, 7) is 2.07. The van der Waals surface area contributed by atoms with Crippen LogP contribution < -0.4 is 10.6 Å². The molecular weight excluding hydrogens is 520 g/mol. The van der Waals surface area contributed by atoms with E-state index in [1.165, 1.54) is 0 Å². The number of alkyl carbamates (subject to hydrolysis) is 1. The highest BCUT2D eigenvalue weighted by Crippen LogP contribution is 2.44. The molecule has 8 nitrogen and oxygen atoms in total. The van der Waals surface area contributed by atoms with Crippen molar-refractivity contribution in [2.45, 2.75) is 63.3 Å². The number of carbonyl (C=O) groups is 3. The molecule has 0 unspecified atom stereocenters. The Balaban J connectivity index is 1.27. The first-order valence-electron chi connectivity index (χ1n) is 14.2. The molecule has 5 rings (SSSR count). The first-order chi connectivity index (χ1) is 19.9. The zero-order chi connectivity index (χ0) is 28.8. The molecule has 0 saturated heterocycles. The minimum atomic E-state index is -1.08. The van der Waals surface area contributed by atoms with E-state index in [4.69, 9.17) is 9.47 Å². The van der Waals surface area contributed by atoms with Crippen molar-refractivity contribution in [3.8, 4) is 11.1 Å². The van der Waals surface area contributed by atoms with Crippen LogP contribution in [0.4, 0.5) is 4.79 Å². The van der Waals surface area contributed by atoms with Crippen LogP contribution in [0.15, 0.2) is 78.9 Å². The smallest absolute Gasteiger partial charge is 0.407 e. The maximum Gasteiger partial charge on any atom is 0.407 e. The van der Waals surface area contributed by atoms with Crippen LogP contribution in [-0.4, -0.2) is 47.9 Å². The quantitative estimate of drug-likeness (QED) is 0.314. The van der Waals surface area contributed by atoms with Gasteiger partial charge in [-0.15, -0.1) is 0 Å². The van der Waals surface area contributed by atoms with E-state index in [0.717, 1.165) is 40.7 Å². The van der Waals surface area contributed by atoms with Crippen molar-refractivity contribution in [3.63, 3.8) is 0 Å². The average molecular weight is 557 g/mol. The SMILES string of the molecule is C[C@H](OCc1ccccc1)[C@@H](NC(=O)OCC1c2ccccc2-c2ccccc21)C(=O)N[C@H]1CCCC[C@H]1C(=O)O. The summed E-state index contributed by atoms with van der Waals surface area (Å²) in [4.78, 5) is 38.4. The van der Waals surface area contributed by atoms with Crippen molar-refractivity contribution >= 4 is 18.0 Å². The molecule has 0 spiro atoms. The third kappa shape index (κ3) is 6.60. The Kier molecular flexibility index (Phi) is 8.99. The predicted molar refractivity (Wildman–Crippen MR) is 154 cm³/mol. The summed E-state index contributed by atoms with van der Waals surface area (Å²) in [5.74, 6) is -2.20. The highest BCUT2D eigenvalue weighted by Gasteiger charge is 2.36. The molecular formula is C33H36N2O6. The minimum Gasteiger partial charge on any atom is -0.481 e. The summed E-state index contributed by atoms with van der Waals surface area (Å²) < 4.78 is 11.7. The summed E-state index contributed by atoms with van der Waals surface area (Å²) in [6, 6.07) is 24.1. The molecule has 2 aliphatic carbocycles. The lowest BCUT2D eigenvalue weighted by atomic mass is 9.84. The maximum atomic E-state index is 13.5. The van der Waals surface area contributed by atoms with Crippen LogP contribution in [0.25, 0.3) is 11.1 Å². The lowest BCUT2D eigenvalue weighted by Crippen LogP contribution is -2.57. The zero-order valence-corrected chi connectivity index (χ0v) is 23.1. The number of amides is 2. The van der Waals surface area contributed by atoms with E-state index in [9.17, 15) is 19.5 Å². The highest BCUT2D eigenvalue weighted by atomic mass is 16.5.